The topological polar surface area (TPSA) is 106 Å². The van der Waals surface area contributed by atoms with Crippen LogP contribution in [0.3, 0.4) is 0 Å². The van der Waals surface area contributed by atoms with Gasteiger partial charge in [0.25, 0.3) is 0 Å². The van der Waals surface area contributed by atoms with Crippen LogP contribution in [-0.4, -0.2) is 35.6 Å². The molecule has 0 spiro atoms. The Balaban J connectivity index is 1.70. The van der Waals surface area contributed by atoms with Gasteiger partial charge in [0.05, 0.1) is 17.2 Å². The molecule has 0 radical (unpaired) electrons. The third-order valence-corrected chi connectivity index (χ3v) is 3.21. The van der Waals surface area contributed by atoms with Crippen LogP contribution in [0.2, 0.25) is 0 Å². The van der Waals surface area contributed by atoms with E-state index in [-0.39, 0.29) is 11.4 Å². The van der Waals surface area contributed by atoms with Gasteiger partial charge in [0.2, 0.25) is 0 Å². The Hall–Kier alpha value is -2.90. The van der Waals surface area contributed by atoms with E-state index in [1.54, 1.807) is 4.57 Å². The summed E-state index contributed by atoms with van der Waals surface area (Å²) in [5.74, 6) is -1.10. The van der Waals surface area contributed by atoms with E-state index in [0.717, 1.165) is 11.0 Å². The molecule has 2 aromatic heterocycles. The quantitative estimate of drug-likeness (QED) is 0.719. The first-order valence-corrected chi connectivity index (χ1v) is 6.46. The molecule has 0 unspecified atom stereocenters. The maximum atomic E-state index is 11.9. The Bertz CT molecular complexity index is 845. The highest BCUT2D eigenvalue weighted by molar-refractivity contribution is 5.84. The van der Waals surface area contributed by atoms with E-state index >= 15 is 0 Å². The van der Waals surface area contributed by atoms with Gasteiger partial charge in [-0.15, -0.1) is 5.10 Å². The normalized spacial score (nSPS) is 11.0. The number of carboxylic acids is 1. The van der Waals surface area contributed by atoms with Crippen LogP contribution in [0.1, 0.15) is 16.9 Å². The summed E-state index contributed by atoms with van der Waals surface area (Å²) in [6.07, 6.45) is 2.02. The van der Waals surface area contributed by atoms with Crippen molar-refractivity contribution in [1.82, 2.24) is 24.5 Å². The van der Waals surface area contributed by atoms with Gasteiger partial charge in [-0.25, -0.2) is 9.59 Å². The summed E-state index contributed by atoms with van der Waals surface area (Å²) in [5.41, 5.74) is 1.42. The largest absolute Gasteiger partial charge is 0.476 e. The molecular weight excluding hydrogens is 274 g/mol. The lowest BCUT2D eigenvalue weighted by Gasteiger charge is -2.03. The number of H-pyrrole nitrogens is 1. The number of hydrogen-bond acceptors (Lipinski definition) is 4. The van der Waals surface area contributed by atoms with Crippen molar-refractivity contribution in [1.29, 1.82) is 0 Å². The number of carboxylic acid groups (broad SMARTS) is 1. The molecule has 1 aromatic carbocycles. The number of aromatic carboxylic acids is 1. The first kappa shape index (κ1) is 13.1. The van der Waals surface area contributed by atoms with Gasteiger partial charge in [-0.05, 0) is 18.6 Å². The third-order valence-electron chi connectivity index (χ3n) is 3.21. The Morgan fingerprint density at radius 1 is 1.29 bits per heavy atom. The summed E-state index contributed by atoms with van der Waals surface area (Å²) in [5, 5.41) is 16.0. The molecule has 21 heavy (non-hydrogen) atoms. The second-order valence-electron chi connectivity index (χ2n) is 4.62. The van der Waals surface area contributed by atoms with Crippen molar-refractivity contribution < 1.29 is 9.90 Å². The number of aromatic amines is 1. The molecule has 0 atom stereocenters. The lowest BCUT2D eigenvalue weighted by molar-refractivity contribution is 0.0690. The highest BCUT2D eigenvalue weighted by Gasteiger charge is 2.09. The molecule has 0 fully saturated rings. The number of fused-ring (bicyclic) bond motifs is 1. The van der Waals surface area contributed by atoms with Crippen LogP contribution in [-0.2, 0) is 13.1 Å². The number of rotatable bonds is 5. The first-order chi connectivity index (χ1) is 10.1. The SMILES string of the molecule is O=C(O)c1cn(CCCn2c(=O)[nH]c3ccccc32)nn1. The maximum absolute atomic E-state index is 11.9. The molecule has 0 bridgehead atoms. The van der Waals surface area contributed by atoms with Crippen LogP contribution >= 0.6 is 0 Å². The minimum Gasteiger partial charge on any atom is -0.476 e. The zero-order valence-electron chi connectivity index (χ0n) is 11.1. The molecule has 0 saturated heterocycles. The van der Waals surface area contributed by atoms with E-state index in [1.165, 1.54) is 10.9 Å². The van der Waals surface area contributed by atoms with Crippen LogP contribution < -0.4 is 5.69 Å². The van der Waals surface area contributed by atoms with Gasteiger partial charge in [-0.2, -0.15) is 0 Å². The van der Waals surface area contributed by atoms with Gasteiger partial charge in [-0.3, -0.25) is 9.25 Å². The zero-order valence-corrected chi connectivity index (χ0v) is 11.1. The van der Waals surface area contributed by atoms with Gasteiger partial charge >= 0.3 is 11.7 Å². The van der Waals surface area contributed by atoms with Gasteiger partial charge in [0.15, 0.2) is 5.69 Å². The number of aromatic nitrogens is 5. The Morgan fingerprint density at radius 2 is 2.10 bits per heavy atom. The fourth-order valence-corrected chi connectivity index (χ4v) is 2.23. The third kappa shape index (κ3) is 2.55. The fourth-order valence-electron chi connectivity index (χ4n) is 2.23. The molecule has 2 N–H and O–H groups in total. The molecule has 2 heterocycles. The van der Waals surface area contributed by atoms with Crippen LogP contribution in [0, 0.1) is 0 Å². The summed E-state index contributed by atoms with van der Waals surface area (Å²) in [6, 6.07) is 7.48. The Labute approximate surface area is 118 Å². The van der Waals surface area contributed by atoms with Crippen LogP contribution in [0.15, 0.2) is 35.3 Å². The van der Waals surface area contributed by atoms with E-state index in [0.29, 0.717) is 19.5 Å². The van der Waals surface area contributed by atoms with Crippen LogP contribution in [0.4, 0.5) is 0 Å². The van der Waals surface area contributed by atoms with E-state index in [1.807, 2.05) is 24.3 Å². The molecular formula is C13H13N5O3. The van der Waals surface area contributed by atoms with Crippen molar-refractivity contribution in [2.24, 2.45) is 0 Å². The maximum Gasteiger partial charge on any atom is 0.358 e. The summed E-state index contributed by atoms with van der Waals surface area (Å²) in [4.78, 5) is 25.4. The number of imidazole rings is 1. The minimum atomic E-state index is -1.10. The molecule has 0 amide bonds. The Morgan fingerprint density at radius 3 is 2.86 bits per heavy atom. The second kappa shape index (κ2) is 5.23. The minimum absolute atomic E-state index is 0.0840. The van der Waals surface area contributed by atoms with Crippen molar-refractivity contribution in [3.63, 3.8) is 0 Å². The van der Waals surface area contributed by atoms with Gasteiger partial charge in [0, 0.05) is 13.1 Å². The molecule has 0 aliphatic heterocycles. The molecule has 108 valence electrons. The molecule has 0 aliphatic rings. The molecule has 8 nitrogen and oxygen atoms in total. The number of carbonyl (C=O) groups is 1. The lowest BCUT2D eigenvalue weighted by Crippen LogP contribution is -2.17. The highest BCUT2D eigenvalue weighted by atomic mass is 16.4. The van der Waals surface area contributed by atoms with Crippen molar-refractivity contribution >= 4 is 17.0 Å². The molecule has 3 rings (SSSR count). The van der Waals surface area contributed by atoms with Crippen molar-refractivity contribution in [3.05, 3.63) is 46.6 Å². The number of nitrogens with one attached hydrogen (secondary N) is 1. The second-order valence-corrected chi connectivity index (χ2v) is 4.62. The van der Waals surface area contributed by atoms with Crippen molar-refractivity contribution in [2.75, 3.05) is 0 Å². The molecule has 0 saturated carbocycles. The smallest absolute Gasteiger partial charge is 0.358 e. The standard InChI is InChI=1S/C13H13N5O3/c19-12(20)10-8-17(16-15-10)6-3-7-18-11-5-2-1-4-9(11)14-13(18)21/h1-2,4-5,8H,3,6-7H2,(H,14,21)(H,19,20). The van der Waals surface area contributed by atoms with E-state index < -0.39 is 5.97 Å². The predicted molar refractivity (Wildman–Crippen MR) is 74.2 cm³/mol. The van der Waals surface area contributed by atoms with Crippen LogP contribution in [0.5, 0.6) is 0 Å². The van der Waals surface area contributed by atoms with Gasteiger partial charge in [-0.1, -0.05) is 17.3 Å². The van der Waals surface area contributed by atoms with E-state index in [9.17, 15) is 9.59 Å². The highest BCUT2D eigenvalue weighted by Crippen LogP contribution is 2.09. The van der Waals surface area contributed by atoms with Crippen LogP contribution in [0.25, 0.3) is 11.0 Å². The molecule has 3 aromatic rings. The number of nitrogens with zero attached hydrogens (tertiary/aromatic N) is 4. The zero-order chi connectivity index (χ0) is 14.8. The number of para-hydroxylation sites is 2. The summed E-state index contributed by atoms with van der Waals surface area (Å²) >= 11 is 0. The average Bonchev–Trinajstić information content (AvgIpc) is 3.04. The number of benzene rings is 1. The van der Waals surface area contributed by atoms with Gasteiger partial charge < -0.3 is 10.1 Å². The number of hydrogen-bond donors (Lipinski definition) is 2. The summed E-state index contributed by atoms with van der Waals surface area (Å²) in [6.45, 7) is 1.01. The molecule has 8 heteroatoms. The summed E-state index contributed by atoms with van der Waals surface area (Å²) in [7, 11) is 0. The Kier molecular flexibility index (Phi) is 3.27. The van der Waals surface area contributed by atoms with Gasteiger partial charge in [0.1, 0.15) is 0 Å². The lowest BCUT2D eigenvalue weighted by atomic mass is 10.3. The molecule has 0 aliphatic carbocycles. The first-order valence-electron chi connectivity index (χ1n) is 6.46. The monoisotopic (exact) mass is 287 g/mol. The average molecular weight is 287 g/mol. The van der Waals surface area contributed by atoms with E-state index in [2.05, 4.69) is 15.3 Å². The summed E-state index contributed by atoms with van der Waals surface area (Å²) < 4.78 is 3.12. The van der Waals surface area contributed by atoms with Crippen molar-refractivity contribution in [2.45, 2.75) is 19.5 Å². The van der Waals surface area contributed by atoms with E-state index in [4.69, 9.17) is 5.11 Å². The van der Waals surface area contributed by atoms with Crippen molar-refractivity contribution in [3.8, 4) is 0 Å². The number of aryl methyl sites for hydroxylation is 2. The fraction of sp³-hybridized carbons (Fsp3) is 0.231. The predicted octanol–water partition coefficient (Wildman–Crippen LogP) is 0.710.